The topological polar surface area (TPSA) is 97.4 Å². The summed E-state index contributed by atoms with van der Waals surface area (Å²) < 4.78 is 11.7. The second-order valence-electron chi connectivity index (χ2n) is 7.93. The van der Waals surface area contributed by atoms with Gasteiger partial charge in [0, 0.05) is 25.3 Å². The molecule has 2 unspecified atom stereocenters. The van der Waals surface area contributed by atoms with Crippen molar-refractivity contribution in [1.82, 2.24) is 9.97 Å². The van der Waals surface area contributed by atoms with E-state index in [0.717, 1.165) is 44.0 Å². The van der Waals surface area contributed by atoms with Crippen LogP contribution in [0.15, 0.2) is 30.6 Å². The van der Waals surface area contributed by atoms with E-state index in [2.05, 4.69) is 21.8 Å². The minimum atomic E-state index is -0.0746. The molecular formula is C20H25N5O2. The first-order chi connectivity index (χ1) is 13.0. The third-order valence-electron chi connectivity index (χ3n) is 5.72. The Hall–Kier alpha value is -2.67. The number of anilines is 2. The van der Waals surface area contributed by atoms with Gasteiger partial charge in [-0.25, -0.2) is 9.97 Å². The van der Waals surface area contributed by atoms with E-state index >= 15 is 0 Å². The number of nitrogen functional groups attached to an aromatic ring is 1. The van der Waals surface area contributed by atoms with Crippen molar-refractivity contribution < 1.29 is 10.9 Å². The molecule has 3 heterocycles. The predicted molar refractivity (Wildman–Crippen MR) is 105 cm³/mol. The Bertz CT molecular complexity index is 917. The minimum absolute atomic E-state index is 0. The lowest BCUT2D eigenvalue weighted by atomic mass is 10.0. The highest BCUT2D eigenvalue weighted by atomic mass is 16.5. The van der Waals surface area contributed by atoms with Gasteiger partial charge in [0.15, 0.2) is 0 Å². The van der Waals surface area contributed by atoms with Crippen molar-refractivity contribution in [2.45, 2.75) is 43.9 Å². The van der Waals surface area contributed by atoms with Crippen molar-refractivity contribution >= 4 is 17.2 Å². The number of morpholine rings is 1. The van der Waals surface area contributed by atoms with Crippen LogP contribution < -0.4 is 15.4 Å². The van der Waals surface area contributed by atoms with Gasteiger partial charge in [-0.1, -0.05) is 0 Å². The van der Waals surface area contributed by atoms with E-state index in [1.165, 1.54) is 6.33 Å². The van der Waals surface area contributed by atoms with E-state index < -0.39 is 0 Å². The highest BCUT2D eigenvalue weighted by molar-refractivity contribution is 6.13. The fraction of sp³-hybridized carbons (Fsp3) is 0.450. The smallest absolute Gasteiger partial charge is 0.133 e. The van der Waals surface area contributed by atoms with Gasteiger partial charge in [-0.2, -0.15) is 0 Å². The number of ether oxygens (including phenoxy) is 2. The molecule has 1 aromatic carbocycles. The Morgan fingerprint density at radius 2 is 2.22 bits per heavy atom. The van der Waals surface area contributed by atoms with Gasteiger partial charge >= 0.3 is 0 Å². The first-order valence-electron chi connectivity index (χ1n) is 9.39. The lowest BCUT2D eigenvalue weighted by molar-refractivity contribution is 0.0989. The van der Waals surface area contributed by atoms with Gasteiger partial charge in [0.05, 0.1) is 30.2 Å². The summed E-state index contributed by atoms with van der Waals surface area (Å²) in [6.07, 6.45) is 4.97. The Balaban J connectivity index is 0.00000192. The molecule has 7 nitrogen and oxygen atoms in total. The zero-order valence-corrected chi connectivity index (χ0v) is 15.3. The number of nitrogens with two attached hydrogens (primary N) is 1. The number of benzene rings is 1. The standard InChI is InChI=1S/C20H23N5O2.H2/c1-20(4-5-20)27-13-2-3-16(21)15(7-13)19(22)17-8-18(24-11-23-17)25-9-14-6-12(25)10-26-14;/h2-3,7-8,11-12,14,22H,4-6,9-10,21H2,1H3;1H. The van der Waals surface area contributed by atoms with Gasteiger partial charge in [0.1, 0.15) is 23.5 Å². The molecule has 2 saturated heterocycles. The Labute approximate surface area is 159 Å². The maximum absolute atomic E-state index is 8.66. The van der Waals surface area contributed by atoms with Crippen molar-refractivity contribution in [1.29, 1.82) is 5.41 Å². The summed E-state index contributed by atoms with van der Waals surface area (Å²) in [6, 6.07) is 7.74. The number of hydrogen-bond acceptors (Lipinski definition) is 7. The van der Waals surface area contributed by atoms with Crippen molar-refractivity contribution in [3.8, 4) is 5.75 Å². The number of rotatable bonds is 5. The van der Waals surface area contributed by atoms with Crippen molar-refractivity contribution in [3.05, 3.63) is 41.9 Å². The lowest BCUT2D eigenvalue weighted by Crippen LogP contribution is -2.37. The van der Waals surface area contributed by atoms with Gasteiger partial charge in [-0.15, -0.1) is 0 Å². The largest absolute Gasteiger partial charge is 0.488 e. The number of nitrogens with zero attached hydrogens (tertiary/aromatic N) is 3. The second kappa shape index (κ2) is 5.92. The summed E-state index contributed by atoms with van der Waals surface area (Å²) in [4.78, 5) is 11.0. The molecule has 27 heavy (non-hydrogen) atoms. The van der Waals surface area contributed by atoms with Crippen molar-refractivity contribution in [2.75, 3.05) is 23.8 Å². The first-order valence-corrected chi connectivity index (χ1v) is 9.39. The van der Waals surface area contributed by atoms with Gasteiger partial charge in [0.2, 0.25) is 0 Å². The molecule has 3 aliphatic rings. The Morgan fingerprint density at radius 3 is 2.93 bits per heavy atom. The van der Waals surface area contributed by atoms with E-state index in [1.807, 2.05) is 18.2 Å². The fourth-order valence-electron chi connectivity index (χ4n) is 3.84. The molecule has 1 saturated carbocycles. The zero-order chi connectivity index (χ0) is 18.6. The highest BCUT2D eigenvalue weighted by Gasteiger charge is 2.40. The molecule has 1 aromatic heterocycles. The number of nitrogens with one attached hydrogen (secondary N) is 1. The van der Waals surface area contributed by atoms with Gasteiger partial charge in [0.25, 0.3) is 0 Å². The van der Waals surface area contributed by atoms with Crippen LogP contribution in [0.1, 0.15) is 38.9 Å². The molecule has 1 aliphatic carbocycles. The highest BCUT2D eigenvalue weighted by Crippen LogP contribution is 2.40. The van der Waals surface area contributed by atoms with E-state index in [1.54, 1.807) is 6.07 Å². The normalized spacial score (nSPS) is 24.9. The average molecular weight is 367 g/mol. The SMILES string of the molecule is CC1(Oc2ccc(N)c(C(=N)c3cc(N4CC5CC4CO5)ncn3)c2)CC1.[HH]. The first kappa shape index (κ1) is 16.5. The van der Waals surface area contributed by atoms with E-state index in [0.29, 0.717) is 29.1 Å². The molecule has 2 atom stereocenters. The summed E-state index contributed by atoms with van der Waals surface area (Å²) in [5.41, 5.74) is 8.09. The summed E-state index contributed by atoms with van der Waals surface area (Å²) >= 11 is 0. The molecule has 5 rings (SSSR count). The predicted octanol–water partition coefficient (Wildman–Crippen LogP) is 2.63. The van der Waals surface area contributed by atoms with Crippen LogP contribution >= 0.6 is 0 Å². The summed E-state index contributed by atoms with van der Waals surface area (Å²) in [5.74, 6) is 1.59. The van der Waals surface area contributed by atoms with Crippen LogP contribution in [-0.4, -0.2) is 46.6 Å². The lowest BCUT2D eigenvalue weighted by Gasteiger charge is -2.27. The number of hydrogen-bond donors (Lipinski definition) is 2. The molecule has 0 radical (unpaired) electrons. The van der Waals surface area contributed by atoms with Crippen LogP contribution in [0.25, 0.3) is 0 Å². The molecular weight excluding hydrogens is 342 g/mol. The second-order valence-corrected chi connectivity index (χ2v) is 7.93. The van der Waals surface area contributed by atoms with Crippen LogP contribution in [0.2, 0.25) is 0 Å². The van der Waals surface area contributed by atoms with Gasteiger partial charge in [-0.3, -0.25) is 5.41 Å². The summed E-state index contributed by atoms with van der Waals surface area (Å²) in [6.45, 7) is 3.68. The quantitative estimate of drug-likeness (QED) is 0.623. The van der Waals surface area contributed by atoms with Crippen LogP contribution in [0, 0.1) is 5.41 Å². The van der Waals surface area contributed by atoms with E-state index in [-0.39, 0.29) is 12.7 Å². The molecule has 0 amide bonds. The number of fused-ring (bicyclic) bond motifs is 2. The van der Waals surface area contributed by atoms with Crippen LogP contribution in [0.3, 0.4) is 0 Å². The molecule has 7 heteroatoms. The van der Waals surface area contributed by atoms with Gasteiger partial charge in [-0.05, 0) is 44.4 Å². The van der Waals surface area contributed by atoms with E-state index in [9.17, 15) is 0 Å². The minimum Gasteiger partial charge on any atom is -0.488 e. The summed E-state index contributed by atoms with van der Waals surface area (Å²) in [7, 11) is 0. The fourth-order valence-corrected chi connectivity index (χ4v) is 3.84. The molecule has 142 valence electrons. The van der Waals surface area contributed by atoms with Crippen LogP contribution in [0.5, 0.6) is 5.75 Å². The third kappa shape index (κ3) is 3.02. The maximum atomic E-state index is 8.66. The zero-order valence-electron chi connectivity index (χ0n) is 15.3. The average Bonchev–Trinajstić information content (AvgIpc) is 3.08. The van der Waals surface area contributed by atoms with Crippen LogP contribution in [0.4, 0.5) is 11.5 Å². The van der Waals surface area contributed by atoms with Crippen molar-refractivity contribution in [2.24, 2.45) is 0 Å². The monoisotopic (exact) mass is 367 g/mol. The van der Waals surface area contributed by atoms with Gasteiger partial charge < -0.3 is 20.1 Å². The molecule has 3 N–H and O–H groups in total. The molecule has 3 fully saturated rings. The van der Waals surface area contributed by atoms with E-state index in [4.69, 9.17) is 20.6 Å². The third-order valence-corrected chi connectivity index (χ3v) is 5.72. The molecule has 2 aromatic rings. The summed E-state index contributed by atoms with van der Waals surface area (Å²) in [5, 5.41) is 8.66. The number of aromatic nitrogens is 2. The van der Waals surface area contributed by atoms with Crippen LogP contribution in [-0.2, 0) is 4.74 Å². The van der Waals surface area contributed by atoms with Crippen molar-refractivity contribution in [3.63, 3.8) is 0 Å². The maximum Gasteiger partial charge on any atom is 0.133 e. The molecule has 2 aliphatic heterocycles. The molecule has 2 bridgehead atoms. The Morgan fingerprint density at radius 1 is 1.37 bits per heavy atom. The Kier molecular flexibility index (Phi) is 3.62. The molecule has 0 spiro atoms.